The first-order valence-electron chi connectivity index (χ1n) is 29.8. The zero-order chi connectivity index (χ0) is 55.5. The maximum Gasteiger partial charge on any atom is 0.472 e. The van der Waals surface area contributed by atoms with Gasteiger partial charge in [0.1, 0.15) is 19.3 Å². The highest BCUT2D eigenvalue weighted by Gasteiger charge is 2.30. The van der Waals surface area contributed by atoms with E-state index in [1.807, 2.05) is 0 Å². The topological polar surface area (TPSA) is 237 Å². The Hall–Kier alpha value is -1.94. The Balaban J connectivity index is 5.15. The van der Waals surface area contributed by atoms with E-state index < -0.39 is 97.5 Å². The fraction of sp³-hybridized carbons (Fsp3) is 0.929. The third-order valence-electron chi connectivity index (χ3n) is 12.9. The summed E-state index contributed by atoms with van der Waals surface area (Å²) in [5, 5.41) is 10.4. The number of phosphoric acid groups is 2. The molecule has 0 aliphatic rings. The molecule has 0 aliphatic carbocycles. The summed E-state index contributed by atoms with van der Waals surface area (Å²) in [4.78, 5) is 71.4. The largest absolute Gasteiger partial charge is 0.472 e. The highest BCUT2D eigenvalue weighted by molar-refractivity contribution is 7.47. The van der Waals surface area contributed by atoms with Crippen molar-refractivity contribution in [2.75, 3.05) is 39.6 Å². The van der Waals surface area contributed by atoms with Gasteiger partial charge in [0, 0.05) is 25.7 Å². The number of phosphoric ester groups is 2. The highest BCUT2D eigenvalue weighted by atomic mass is 31.2. The molecule has 444 valence electrons. The second-order valence-electron chi connectivity index (χ2n) is 20.3. The molecule has 0 aromatic rings. The predicted molar refractivity (Wildman–Crippen MR) is 294 cm³/mol. The third-order valence-corrected chi connectivity index (χ3v) is 14.8. The van der Waals surface area contributed by atoms with E-state index in [0.29, 0.717) is 25.7 Å². The van der Waals surface area contributed by atoms with Gasteiger partial charge in [-0.05, 0) is 25.7 Å². The van der Waals surface area contributed by atoms with Crippen molar-refractivity contribution in [2.24, 2.45) is 0 Å². The van der Waals surface area contributed by atoms with Gasteiger partial charge in [0.25, 0.3) is 0 Å². The maximum absolute atomic E-state index is 12.9. The van der Waals surface area contributed by atoms with Crippen LogP contribution in [-0.4, -0.2) is 96.7 Å². The number of hydrogen-bond donors (Lipinski definition) is 3. The molecule has 19 heteroatoms. The van der Waals surface area contributed by atoms with Crippen molar-refractivity contribution in [1.82, 2.24) is 0 Å². The summed E-state index contributed by atoms with van der Waals surface area (Å²) in [6.45, 7) is 4.69. The number of esters is 4. The fourth-order valence-electron chi connectivity index (χ4n) is 8.22. The number of aliphatic hydroxyl groups is 1. The standard InChI is InChI=1S/C56H108O17P2/c1-5-9-13-17-20-22-23-24-25-26-28-31-35-39-43-56(61)73-52(47-67-54(59)41-37-33-30-27-21-18-14-10-6-2)49-71-75(64,65)69-45-50(57)44-68-74(62,63)70-48-51(46-66-53(58)40-36-32-16-12-8-4)72-55(60)42-38-34-29-19-15-11-7-3/h50-52,57H,5-49H2,1-4H3,(H,62,63)(H,64,65)/t50-,51+,52+/m0/s1. The van der Waals surface area contributed by atoms with Gasteiger partial charge in [0.2, 0.25) is 0 Å². The van der Waals surface area contributed by atoms with Crippen LogP contribution >= 0.6 is 15.6 Å². The van der Waals surface area contributed by atoms with Gasteiger partial charge in [-0.2, -0.15) is 0 Å². The molecule has 75 heavy (non-hydrogen) atoms. The minimum atomic E-state index is -4.93. The molecule has 5 atom stereocenters. The van der Waals surface area contributed by atoms with Crippen LogP contribution in [0.5, 0.6) is 0 Å². The van der Waals surface area contributed by atoms with Gasteiger partial charge in [-0.25, -0.2) is 9.13 Å². The Morgan fingerprint density at radius 1 is 0.320 bits per heavy atom. The van der Waals surface area contributed by atoms with Crippen molar-refractivity contribution < 1.29 is 80.2 Å². The summed E-state index contributed by atoms with van der Waals surface area (Å²) in [5.74, 6) is -2.16. The zero-order valence-corrected chi connectivity index (χ0v) is 49.3. The molecule has 0 spiro atoms. The molecule has 0 rings (SSSR count). The Bertz CT molecular complexity index is 1470. The lowest BCUT2D eigenvalue weighted by atomic mass is 10.0. The van der Waals surface area contributed by atoms with Crippen LogP contribution in [0.3, 0.4) is 0 Å². The van der Waals surface area contributed by atoms with E-state index in [1.54, 1.807) is 0 Å². The van der Waals surface area contributed by atoms with E-state index in [4.69, 9.17) is 37.0 Å². The van der Waals surface area contributed by atoms with E-state index in [2.05, 4.69) is 27.7 Å². The molecule has 3 N–H and O–H groups in total. The minimum absolute atomic E-state index is 0.103. The number of hydrogen-bond acceptors (Lipinski definition) is 15. The van der Waals surface area contributed by atoms with Gasteiger partial charge < -0.3 is 33.8 Å². The number of ether oxygens (including phenoxy) is 4. The maximum atomic E-state index is 12.9. The number of rotatable bonds is 57. The molecule has 0 bridgehead atoms. The lowest BCUT2D eigenvalue weighted by molar-refractivity contribution is -0.161. The van der Waals surface area contributed by atoms with Crippen LogP contribution in [-0.2, 0) is 65.4 Å². The highest BCUT2D eigenvalue weighted by Crippen LogP contribution is 2.45. The van der Waals surface area contributed by atoms with Crippen LogP contribution in [0.25, 0.3) is 0 Å². The van der Waals surface area contributed by atoms with Crippen LogP contribution in [0.2, 0.25) is 0 Å². The molecule has 0 saturated carbocycles. The minimum Gasteiger partial charge on any atom is -0.462 e. The molecule has 0 saturated heterocycles. The first-order chi connectivity index (χ1) is 36.2. The van der Waals surface area contributed by atoms with Crippen LogP contribution in [0.1, 0.15) is 278 Å². The fourth-order valence-corrected chi connectivity index (χ4v) is 9.80. The Morgan fingerprint density at radius 2 is 0.533 bits per heavy atom. The molecule has 0 radical (unpaired) electrons. The molecule has 0 fully saturated rings. The van der Waals surface area contributed by atoms with Crippen molar-refractivity contribution >= 4 is 39.5 Å². The SMILES string of the molecule is CCCCCCCCCCCCCCCCC(=O)O[C@H](COC(=O)CCCCCCCCCCC)COP(=O)(O)OC[C@@H](O)COP(=O)(O)OC[C@@H](COC(=O)CCCCCCC)OC(=O)CCCCCCCCC. The zero-order valence-electron chi connectivity index (χ0n) is 47.5. The Morgan fingerprint density at radius 3 is 0.787 bits per heavy atom. The molecule has 0 amide bonds. The monoisotopic (exact) mass is 1110 g/mol. The predicted octanol–water partition coefficient (Wildman–Crippen LogP) is 14.8. The average molecular weight is 1120 g/mol. The van der Waals surface area contributed by atoms with Crippen molar-refractivity contribution in [1.29, 1.82) is 0 Å². The van der Waals surface area contributed by atoms with Crippen LogP contribution in [0, 0.1) is 0 Å². The van der Waals surface area contributed by atoms with Gasteiger partial charge in [0.05, 0.1) is 26.4 Å². The molecule has 0 aromatic heterocycles. The smallest absolute Gasteiger partial charge is 0.462 e. The second kappa shape index (κ2) is 51.5. The van der Waals surface area contributed by atoms with Crippen molar-refractivity contribution in [3.05, 3.63) is 0 Å². The summed E-state index contributed by atoms with van der Waals surface area (Å²) in [6.07, 6.45) is 33.9. The van der Waals surface area contributed by atoms with Crippen molar-refractivity contribution in [3.63, 3.8) is 0 Å². The van der Waals surface area contributed by atoms with E-state index in [9.17, 15) is 43.2 Å². The summed E-state index contributed by atoms with van der Waals surface area (Å²) < 4.78 is 67.3. The number of aliphatic hydroxyl groups excluding tert-OH is 1. The first-order valence-corrected chi connectivity index (χ1v) is 32.8. The quantitative estimate of drug-likeness (QED) is 0.0222. The normalized spacial score (nSPS) is 14.4. The van der Waals surface area contributed by atoms with Crippen LogP contribution in [0.15, 0.2) is 0 Å². The number of unbranched alkanes of at least 4 members (excludes halogenated alkanes) is 31. The number of carbonyl (C=O) groups is 4. The summed E-state index contributed by atoms with van der Waals surface area (Å²) in [6, 6.07) is 0. The van der Waals surface area contributed by atoms with Crippen LogP contribution in [0.4, 0.5) is 0 Å². The lowest BCUT2D eigenvalue weighted by Crippen LogP contribution is -2.30. The third kappa shape index (κ3) is 51.3. The molecule has 0 aliphatic heterocycles. The molecule has 2 unspecified atom stereocenters. The van der Waals surface area contributed by atoms with E-state index in [-0.39, 0.29) is 25.7 Å². The Kier molecular flexibility index (Phi) is 50.2. The van der Waals surface area contributed by atoms with E-state index >= 15 is 0 Å². The molecular formula is C56H108O17P2. The summed E-state index contributed by atoms with van der Waals surface area (Å²) >= 11 is 0. The molecular weight excluding hydrogens is 1010 g/mol. The Labute approximate surface area is 454 Å². The van der Waals surface area contributed by atoms with Gasteiger partial charge >= 0.3 is 39.5 Å². The lowest BCUT2D eigenvalue weighted by Gasteiger charge is -2.21. The molecule has 17 nitrogen and oxygen atoms in total. The first kappa shape index (κ1) is 73.1. The van der Waals surface area contributed by atoms with Crippen LogP contribution < -0.4 is 0 Å². The molecule has 0 aromatic carbocycles. The van der Waals surface area contributed by atoms with Gasteiger partial charge in [-0.1, -0.05) is 227 Å². The van der Waals surface area contributed by atoms with Crippen molar-refractivity contribution in [2.45, 2.75) is 296 Å². The summed E-state index contributed by atoms with van der Waals surface area (Å²) in [5.41, 5.74) is 0. The van der Waals surface area contributed by atoms with E-state index in [0.717, 1.165) is 109 Å². The van der Waals surface area contributed by atoms with Crippen molar-refractivity contribution in [3.8, 4) is 0 Å². The number of carbonyl (C=O) groups excluding carboxylic acids is 4. The van der Waals surface area contributed by atoms with Gasteiger partial charge in [-0.3, -0.25) is 37.3 Å². The average Bonchev–Trinajstić information content (AvgIpc) is 3.38. The van der Waals surface area contributed by atoms with Gasteiger partial charge in [0.15, 0.2) is 12.2 Å². The van der Waals surface area contributed by atoms with Gasteiger partial charge in [-0.15, -0.1) is 0 Å². The summed E-state index contributed by atoms with van der Waals surface area (Å²) in [7, 11) is -9.85. The second-order valence-corrected chi connectivity index (χ2v) is 23.2. The van der Waals surface area contributed by atoms with E-state index in [1.165, 1.54) is 89.9 Å². The molecule has 0 heterocycles.